The maximum Gasteiger partial charge on any atom is 0.338 e. The van der Waals surface area contributed by atoms with Crippen LogP contribution in [0, 0.1) is 0 Å². The summed E-state index contributed by atoms with van der Waals surface area (Å²) in [4.78, 5) is 22.4. The molecule has 2 rings (SSSR count). The summed E-state index contributed by atoms with van der Waals surface area (Å²) in [6.45, 7) is 3.19. The van der Waals surface area contributed by atoms with Crippen molar-refractivity contribution in [3.05, 3.63) is 23.8 Å². The van der Waals surface area contributed by atoms with Gasteiger partial charge in [-0.1, -0.05) is 11.3 Å². The Hall–Kier alpha value is -2.44. The molecule has 0 bridgehead atoms. The summed E-state index contributed by atoms with van der Waals surface area (Å²) in [5, 5.41) is 16.7. The molecule has 0 atom stereocenters. The van der Waals surface area contributed by atoms with Gasteiger partial charge in [-0.3, -0.25) is 4.79 Å². The first-order chi connectivity index (χ1) is 8.35. The maximum atomic E-state index is 11.4. The van der Waals surface area contributed by atoms with Crippen LogP contribution in [0.3, 0.4) is 0 Å². The van der Waals surface area contributed by atoms with E-state index in [2.05, 4.69) is 10.3 Å². The molecule has 3 N–H and O–H groups in total. The van der Waals surface area contributed by atoms with Crippen molar-refractivity contribution in [1.82, 2.24) is 15.0 Å². The number of hydrogen-bond acceptors (Lipinski definition) is 4. The number of benzene rings is 1. The number of nitrogens with zero attached hydrogens (tertiary/aromatic N) is 3. The largest absolute Gasteiger partial charge is 0.478 e. The van der Waals surface area contributed by atoms with Crippen molar-refractivity contribution in [2.45, 2.75) is 19.4 Å². The molecule has 0 spiro atoms. The van der Waals surface area contributed by atoms with Crippen molar-refractivity contribution in [3.63, 3.8) is 0 Å². The summed E-state index contributed by atoms with van der Waals surface area (Å²) in [5.74, 6) is -1.67. The standard InChI is InChI=1S/C11H12N4O3/c1-11(2,10(12)18)15-7-5-3-4-6(9(16)17)8(7)13-14-15/h3-5H,1-2H3,(H2,12,18)(H,16,17). The van der Waals surface area contributed by atoms with Gasteiger partial charge in [-0.25, -0.2) is 9.48 Å². The Labute approximate surface area is 102 Å². The monoisotopic (exact) mass is 248 g/mol. The average Bonchev–Trinajstić information content (AvgIpc) is 2.72. The van der Waals surface area contributed by atoms with Gasteiger partial charge in [0.2, 0.25) is 5.91 Å². The lowest BCUT2D eigenvalue weighted by Gasteiger charge is -2.21. The first-order valence-electron chi connectivity index (χ1n) is 5.24. The van der Waals surface area contributed by atoms with Gasteiger partial charge in [-0.2, -0.15) is 0 Å². The molecule has 0 unspecified atom stereocenters. The van der Waals surface area contributed by atoms with E-state index in [9.17, 15) is 9.59 Å². The van der Waals surface area contributed by atoms with Gasteiger partial charge < -0.3 is 10.8 Å². The van der Waals surface area contributed by atoms with E-state index < -0.39 is 17.4 Å². The highest BCUT2D eigenvalue weighted by atomic mass is 16.4. The highest BCUT2D eigenvalue weighted by Gasteiger charge is 2.31. The Balaban J connectivity index is 2.74. The van der Waals surface area contributed by atoms with E-state index in [1.54, 1.807) is 26.0 Å². The lowest BCUT2D eigenvalue weighted by Crippen LogP contribution is -2.41. The number of primary amides is 1. The van der Waals surface area contributed by atoms with E-state index in [4.69, 9.17) is 10.8 Å². The smallest absolute Gasteiger partial charge is 0.338 e. The third kappa shape index (κ3) is 1.60. The van der Waals surface area contributed by atoms with Gasteiger partial charge in [0.1, 0.15) is 11.1 Å². The van der Waals surface area contributed by atoms with E-state index >= 15 is 0 Å². The van der Waals surface area contributed by atoms with Gasteiger partial charge in [-0.05, 0) is 26.0 Å². The van der Waals surface area contributed by atoms with Gasteiger partial charge in [-0.15, -0.1) is 5.10 Å². The minimum absolute atomic E-state index is 0.0408. The number of hydrogen-bond donors (Lipinski definition) is 2. The maximum absolute atomic E-state index is 11.4. The first kappa shape index (κ1) is 12.0. The lowest BCUT2D eigenvalue weighted by atomic mass is 10.0. The van der Waals surface area contributed by atoms with E-state index in [0.717, 1.165) is 0 Å². The summed E-state index contributed by atoms with van der Waals surface area (Å²) in [6, 6.07) is 4.65. The molecule has 1 amide bonds. The molecular formula is C11H12N4O3. The average molecular weight is 248 g/mol. The molecule has 18 heavy (non-hydrogen) atoms. The molecule has 1 heterocycles. The fourth-order valence-corrected chi connectivity index (χ4v) is 1.63. The van der Waals surface area contributed by atoms with Gasteiger partial charge in [0.05, 0.1) is 11.1 Å². The van der Waals surface area contributed by atoms with Crippen LogP contribution in [0.25, 0.3) is 11.0 Å². The summed E-state index contributed by atoms with van der Waals surface area (Å²) >= 11 is 0. The summed E-state index contributed by atoms with van der Waals surface area (Å²) in [5.41, 5.74) is 4.96. The molecule has 0 saturated heterocycles. The number of fused-ring (bicyclic) bond motifs is 1. The summed E-state index contributed by atoms with van der Waals surface area (Å²) in [7, 11) is 0. The summed E-state index contributed by atoms with van der Waals surface area (Å²) in [6.07, 6.45) is 0. The number of aromatic nitrogens is 3. The number of carboxylic acids is 1. The topological polar surface area (TPSA) is 111 Å². The second kappa shape index (κ2) is 3.80. The van der Waals surface area contributed by atoms with Gasteiger partial charge >= 0.3 is 5.97 Å². The van der Waals surface area contributed by atoms with Crippen molar-refractivity contribution in [2.24, 2.45) is 5.73 Å². The Morgan fingerprint density at radius 3 is 2.61 bits per heavy atom. The number of carboxylic acid groups (broad SMARTS) is 1. The minimum atomic E-state index is -1.09. The van der Waals surface area contributed by atoms with Crippen molar-refractivity contribution >= 4 is 22.9 Å². The molecule has 0 radical (unpaired) electrons. The number of carbonyl (C=O) groups excluding carboxylic acids is 1. The van der Waals surface area contributed by atoms with Crippen molar-refractivity contribution < 1.29 is 14.7 Å². The molecule has 1 aromatic carbocycles. The van der Waals surface area contributed by atoms with Crippen LogP contribution in [0.1, 0.15) is 24.2 Å². The number of rotatable bonds is 3. The van der Waals surface area contributed by atoms with Crippen LogP contribution in [0.5, 0.6) is 0 Å². The minimum Gasteiger partial charge on any atom is -0.478 e. The number of nitrogens with two attached hydrogens (primary N) is 1. The summed E-state index contributed by atoms with van der Waals surface area (Å²) < 4.78 is 1.33. The lowest BCUT2D eigenvalue weighted by molar-refractivity contribution is -0.125. The van der Waals surface area contributed by atoms with Crippen LogP contribution >= 0.6 is 0 Å². The molecule has 0 aliphatic heterocycles. The van der Waals surface area contributed by atoms with Crippen LogP contribution in [0.2, 0.25) is 0 Å². The predicted octanol–water partition coefficient (Wildman–Crippen LogP) is 0.350. The third-order valence-corrected chi connectivity index (χ3v) is 2.84. The SMILES string of the molecule is CC(C)(C(N)=O)n1nnc2c(C(=O)O)cccc21. The Kier molecular flexibility index (Phi) is 2.54. The van der Waals surface area contributed by atoms with Crippen molar-refractivity contribution in [3.8, 4) is 0 Å². The molecule has 2 aromatic rings. The highest BCUT2D eigenvalue weighted by Crippen LogP contribution is 2.22. The number of amides is 1. The van der Waals surface area contributed by atoms with E-state index in [1.165, 1.54) is 10.7 Å². The van der Waals surface area contributed by atoms with Crippen LogP contribution in [0.15, 0.2) is 18.2 Å². The molecule has 1 aromatic heterocycles. The fraction of sp³-hybridized carbons (Fsp3) is 0.273. The zero-order valence-electron chi connectivity index (χ0n) is 9.91. The second-order valence-electron chi connectivity index (χ2n) is 4.40. The van der Waals surface area contributed by atoms with E-state index in [1.807, 2.05) is 0 Å². The fourth-order valence-electron chi connectivity index (χ4n) is 1.63. The normalized spacial score (nSPS) is 11.7. The van der Waals surface area contributed by atoms with E-state index in [0.29, 0.717) is 5.52 Å². The van der Waals surface area contributed by atoms with Crippen molar-refractivity contribution in [1.29, 1.82) is 0 Å². The molecule has 7 nitrogen and oxygen atoms in total. The van der Waals surface area contributed by atoms with Crippen LogP contribution in [0.4, 0.5) is 0 Å². The third-order valence-electron chi connectivity index (χ3n) is 2.84. The highest BCUT2D eigenvalue weighted by molar-refractivity contribution is 6.01. The Morgan fingerprint density at radius 1 is 1.39 bits per heavy atom. The zero-order chi connectivity index (χ0) is 13.5. The molecule has 0 aliphatic carbocycles. The molecular weight excluding hydrogens is 236 g/mol. The van der Waals surface area contributed by atoms with Gasteiger partial charge in [0.25, 0.3) is 0 Å². The predicted molar refractivity (Wildman–Crippen MR) is 63.0 cm³/mol. The van der Waals surface area contributed by atoms with Crippen LogP contribution < -0.4 is 5.73 Å². The van der Waals surface area contributed by atoms with Crippen molar-refractivity contribution in [2.75, 3.05) is 0 Å². The van der Waals surface area contributed by atoms with Gasteiger partial charge in [0.15, 0.2) is 0 Å². The van der Waals surface area contributed by atoms with E-state index in [-0.39, 0.29) is 11.1 Å². The number of aromatic carboxylic acids is 1. The van der Waals surface area contributed by atoms with Gasteiger partial charge in [0, 0.05) is 0 Å². The number of carbonyl (C=O) groups is 2. The van der Waals surface area contributed by atoms with Crippen LogP contribution in [-0.2, 0) is 10.3 Å². The van der Waals surface area contributed by atoms with Crippen LogP contribution in [-0.4, -0.2) is 32.0 Å². The molecule has 0 aliphatic rings. The molecule has 7 heteroatoms. The Bertz CT molecular complexity index is 645. The Morgan fingerprint density at radius 2 is 2.06 bits per heavy atom. The quantitative estimate of drug-likeness (QED) is 0.814. The molecule has 94 valence electrons. The molecule has 0 saturated carbocycles. The molecule has 0 fully saturated rings. The second-order valence-corrected chi connectivity index (χ2v) is 4.40. The first-order valence-corrected chi connectivity index (χ1v) is 5.24. The zero-order valence-corrected chi connectivity index (χ0v) is 9.91.